The molecule has 7 atom stereocenters. The molecule has 2 amide bonds. The highest BCUT2D eigenvalue weighted by Gasteiger charge is 2.55. The van der Waals surface area contributed by atoms with E-state index in [1.807, 2.05) is 4.90 Å². The molecule has 10 heteroatoms. The highest BCUT2D eigenvalue weighted by Crippen LogP contribution is 2.60. The van der Waals surface area contributed by atoms with Crippen molar-refractivity contribution in [2.24, 2.45) is 40.9 Å². The first-order valence-corrected chi connectivity index (χ1v) is 19.2. The minimum atomic E-state index is -1.14. The highest BCUT2D eigenvalue weighted by atomic mass is 16.5. The topological polar surface area (TPSA) is 138 Å². The molecule has 1 heterocycles. The summed E-state index contributed by atoms with van der Waals surface area (Å²) in [6, 6.07) is 2.68. The number of hydrogen-bond donors (Lipinski definition) is 4. The first-order chi connectivity index (χ1) is 24.0. The molecule has 1 aliphatic heterocycles. The monoisotopic (exact) mass is 694 g/mol. The largest absolute Gasteiger partial charge is 0.493 e. The molecule has 7 aliphatic rings. The number of carbonyl (C=O) groups is 2. The molecular weight excluding hydrogens is 636 g/mol. The first kappa shape index (κ1) is 35.7. The lowest BCUT2D eigenvalue weighted by Crippen LogP contribution is -2.60. The number of benzene rings is 1. The zero-order valence-electron chi connectivity index (χ0n) is 30.3. The van der Waals surface area contributed by atoms with Gasteiger partial charge in [0.05, 0.1) is 38.4 Å². The standard InChI is InChI=1S/C40H58N2O8/c1-22(2)28-6-5-23(3)9-32(28)49-20-34(45)42(21-40-16-24-10-25(17-40)12-26(11-24)18-40)31-15-30(39(47)41-7-8-43)35-29-13-27(19-44)14-33(48-4)37(29)50-38(35)36(31)46/h13-15,22-26,28,31-32,35-36,38,43-44,46H,5-12,16-21H2,1-4H3,(H,41,47). The maximum atomic E-state index is 14.7. The predicted molar refractivity (Wildman–Crippen MR) is 187 cm³/mol. The summed E-state index contributed by atoms with van der Waals surface area (Å²) in [5.74, 6) is 3.07. The first-order valence-electron chi connectivity index (χ1n) is 19.2. The van der Waals surface area contributed by atoms with Gasteiger partial charge in [0.25, 0.3) is 0 Å². The van der Waals surface area contributed by atoms with Crippen LogP contribution in [0.25, 0.3) is 0 Å². The van der Waals surface area contributed by atoms with E-state index in [1.54, 1.807) is 18.2 Å². The zero-order chi connectivity index (χ0) is 35.3. The maximum absolute atomic E-state index is 14.7. The van der Waals surface area contributed by atoms with Crippen molar-refractivity contribution in [3.8, 4) is 11.5 Å². The van der Waals surface area contributed by atoms with Crippen LogP contribution in [0.4, 0.5) is 0 Å². The molecule has 1 aromatic carbocycles. The molecule has 6 aliphatic carbocycles. The van der Waals surface area contributed by atoms with Gasteiger partial charge in [-0.3, -0.25) is 9.59 Å². The van der Waals surface area contributed by atoms with Crippen molar-refractivity contribution in [2.75, 3.05) is 33.4 Å². The zero-order valence-corrected chi connectivity index (χ0v) is 30.3. The van der Waals surface area contributed by atoms with Crippen LogP contribution in [0.5, 0.6) is 11.5 Å². The Morgan fingerprint density at radius 2 is 1.76 bits per heavy atom. The summed E-state index contributed by atoms with van der Waals surface area (Å²) in [5, 5.41) is 34.7. The highest BCUT2D eigenvalue weighted by molar-refractivity contribution is 5.96. The van der Waals surface area contributed by atoms with Crippen LogP contribution in [-0.4, -0.2) is 89.8 Å². The van der Waals surface area contributed by atoms with Gasteiger partial charge in [0, 0.05) is 24.2 Å². The minimum absolute atomic E-state index is 0.000900. The fourth-order valence-corrected chi connectivity index (χ4v) is 11.4. The van der Waals surface area contributed by atoms with E-state index in [-0.39, 0.29) is 49.7 Å². The summed E-state index contributed by atoms with van der Waals surface area (Å²) in [6.45, 7) is 6.79. The molecule has 8 rings (SSSR count). The fraction of sp³-hybridized carbons (Fsp3) is 0.750. The lowest BCUT2D eigenvalue weighted by atomic mass is 9.49. The van der Waals surface area contributed by atoms with E-state index < -0.39 is 24.2 Å². The molecule has 4 bridgehead atoms. The quantitative estimate of drug-likeness (QED) is 0.254. The summed E-state index contributed by atoms with van der Waals surface area (Å²) < 4.78 is 18.7. The van der Waals surface area contributed by atoms with Gasteiger partial charge in [-0.05, 0) is 116 Å². The van der Waals surface area contributed by atoms with Crippen LogP contribution in [0.1, 0.15) is 95.6 Å². The molecular formula is C40H58N2O8. The SMILES string of the molecule is COc1cc(CO)cc2c1OC1C2C(C(=O)NCCO)=CC(N(CC23CC4CC(CC(C4)C2)C3)C(=O)COC2CC(C)CCC2C(C)C)C1O. The Morgan fingerprint density at radius 3 is 2.38 bits per heavy atom. The Bertz CT molecular complexity index is 1420. The molecule has 50 heavy (non-hydrogen) atoms. The van der Waals surface area contributed by atoms with Crippen molar-refractivity contribution in [3.63, 3.8) is 0 Å². The Balaban J connectivity index is 1.25. The van der Waals surface area contributed by atoms with Crippen LogP contribution in [0.15, 0.2) is 23.8 Å². The lowest BCUT2D eigenvalue weighted by Gasteiger charge is -2.58. The van der Waals surface area contributed by atoms with E-state index in [0.29, 0.717) is 70.3 Å². The molecule has 10 nitrogen and oxygen atoms in total. The van der Waals surface area contributed by atoms with E-state index in [9.17, 15) is 24.9 Å². The van der Waals surface area contributed by atoms with Crippen molar-refractivity contribution >= 4 is 11.8 Å². The van der Waals surface area contributed by atoms with Gasteiger partial charge in [0.2, 0.25) is 11.8 Å². The third kappa shape index (κ3) is 6.70. The molecule has 276 valence electrons. The number of amides is 2. The minimum Gasteiger partial charge on any atom is -0.493 e. The van der Waals surface area contributed by atoms with Crippen LogP contribution in [0, 0.1) is 40.9 Å². The van der Waals surface area contributed by atoms with Crippen molar-refractivity contribution in [3.05, 3.63) is 34.9 Å². The summed E-state index contributed by atoms with van der Waals surface area (Å²) in [4.78, 5) is 30.4. The second-order valence-corrected chi connectivity index (χ2v) is 17.1. The third-order valence-electron chi connectivity index (χ3n) is 13.2. The summed E-state index contributed by atoms with van der Waals surface area (Å²) >= 11 is 0. The Morgan fingerprint density at radius 1 is 1.06 bits per heavy atom. The maximum Gasteiger partial charge on any atom is 0.249 e. The summed E-state index contributed by atoms with van der Waals surface area (Å²) in [6.07, 6.45) is 10.1. The molecule has 1 aromatic rings. The predicted octanol–water partition coefficient (Wildman–Crippen LogP) is 4.33. The number of hydrogen-bond acceptors (Lipinski definition) is 8. The molecule has 0 spiro atoms. The lowest BCUT2D eigenvalue weighted by molar-refractivity contribution is -0.154. The number of ether oxygens (including phenoxy) is 3. The molecule has 0 radical (unpaired) electrons. The van der Waals surface area contributed by atoms with Gasteiger partial charge in [-0.25, -0.2) is 0 Å². The van der Waals surface area contributed by atoms with E-state index in [1.165, 1.54) is 32.8 Å². The molecule has 0 saturated heterocycles. The van der Waals surface area contributed by atoms with Gasteiger partial charge >= 0.3 is 0 Å². The summed E-state index contributed by atoms with van der Waals surface area (Å²) in [7, 11) is 1.52. The van der Waals surface area contributed by atoms with Crippen molar-refractivity contribution in [2.45, 2.75) is 115 Å². The molecule has 4 N–H and O–H groups in total. The summed E-state index contributed by atoms with van der Waals surface area (Å²) in [5.41, 5.74) is 1.60. The molecule has 5 fully saturated rings. The smallest absolute Gasteiger partial charge is 0.249 e. The van der Waals surface area contributed by atoms with Gasteiger partial charge < -0.3 is 39.7 Å². The number of carbonyl (C=O) groups excluding carboxylic acids is 2. The van der Waals surface area contributed by atoms with Crippen LogP contribution < -0.4 is 14.8 Å². The number of fused-ring (bicyclic) bond motifs is 3. The van der Waals surface area contributed by atoms with Gasteiger partial charge in [0.1, 0.15) is 18.8 Å². The van der Waals surface area contributed by atoms with E-state index in [2.05, 4.69) is 26.1 Å². The number of nitrogens with one attached hydrogen (secondary N) is 1. The van der Waals surface area contributed by atoms with Crippen molar-refractivity contribution in [1.82, 2.24) is 10.2 Å². The van der Waals surface area contributed by atoms with Gasteiger partial charge in [-0.2, -0.15) is 0 Å². The van der Waals surface area contributed by atoms with Crippen LogP contribution in [0.3, 0.4) is 0 Å². The number of methoxy groups -OCH3 is 1. The average molecular weight is 695 g/mol. The third-order valence-corrected chi connectivity index (χ3v) is 13.2. The number of nitrogens with zero attached hydrogens (tertiary/aromatic N) is 1. The van der Waals surface area contributed by atoms with Gasteiger partial charge in [-0.1, -0.05) is 27.2 Å². The van der Waals surface area contributed by atoms with Crippen LogP contribution >= 0.6 is 0 Å². The van der Waals surface area contributed by atoms with Crippen LogP contribution in [0.2, 0.25) is 0 Å². The molecule has 7 unspecified atom stereocenters. The Labute approximate surface area is 296 Å². The van der Waals surface area contributed by atoms with Crippen LogP contribution in [-0.2, 0) is 20.9 Å². The van der Waals surface area contributed by atoms with E-state index >= 15 is 0 Å². The Hall–Kier alpha value is -2.66. The molecule has 5 saturated carbocycles. The number of aliphatic hydroxyl groups is 3. The second-order valence-electron chi connectivity index (χ2n) is 17.1. The number of aliphatic hydroxyl groups excluding tert-OH is 3. The van der Waals surface area contributed by atoms with Crippen molar-refractivity contribution in [1.29, 1.82) is 0 Å². The van der Waals surface area contributed by atoms with E-state index in [0.717, 1.165) is 32.1 Å². The van der Waals surface area contributed by atoms with Gasteiger partial charge in [-0.15, -0.1) is 0 Å². The number of rotatable bonds is 12. The molecule has 0 aromatic heterocycles. The van der Waals surface area contributed by atoms with E-state index in [4.69, 9.17) is 14.2 Å². The second kappa shape index (κ2) is 14.4. The average Bonchev–Trinajstić information content (AvgIpc) is 3.48. The fourth-order valence-electron chi connectivity index (χ4n) is 11.4. The normalized spacial score (nSPS) is 36.8. The van der Waals surface area contributed by atoms with Crippen molar-refractivity contribution < 1.29 is 39.1 Å². The Kier molecular flexibility index (Phi) is 10.3. The van der Waals surface area contributed by atoms with Gasteiger partial charge in [0.15, 0.2) is 11.5 Å².